The average Bonchev–Trinajstić information content (AvgIpc) is 3.48. The zero-order valence-corrected chi connectivity index (χ0v) is 29.9. The van der Waals surface area contributed by atoms with Crippen molar-refractivity contribution in [3.05, 3.63) is 199 Å². The molecule has 0 aliphatic heterocycles. The SMILES string of the molecule is C1=Cc2c(cccc2-c2nc(-c3ccccc3)nc(-c3ccc4cc(-c5ccc6ccc7cccc8ccc5c6c78)ccc4c3)n2)C(c2ccccc2)=CC1. The highest BCUT2D eigenvalue weighted by molar-refractivity contribution is 6.25. The maximum absolute atomic E-state index is 5.21. The molecular weight excluding hydrogens is 667 g/mol. The van der Waals surface area contributed by atoms with Gasteiger partial charge in [0.2, 0.25) is 0 Å². The minimum atomic E-state index is 0.649. The Labute approximate surface area is 319 Å². The first kappa shape index (κ1) is 31.3. The van der Waals surface area contributed by atoms with Crippen LogP contribution in [0.5, 0.6) is 0 Å². The van der Waals surface area contributed by atoms with E-state index in [0.29, 0.717) is 17.5 Å². The van der Waals surface area contributed by atoms with Crippen LogP contribution in [0.4, 0.5) is 0 Å². The van der Waals surface area contributed by atoms with Gasteiger partial charge in [-0.2, -0.15) is 0 Å². The van der Waals surface area contributed by atoms with E-state index in [4.69, 9.17) is 15.0 Å². The molecule has 3 nitrogen and oxygen atoms in total. The Morgan fingerprint density at radius 2 is 0.945 bits per heavy atom. The third-order valence-corrected chi connectivity index (χ3v) is 11.1. The van der Waals surface area contributed by atoms with Crippen molar-refractivity contribution < 1.29 is 0 Å². The molecular formula is C52H33N3. The van der Waals surface area contributed by atoms with Crippen molar-refractivity contribution in [2.75, 3.05) is 0 Å². The minimum absolute atomic E-state index is 0.649. The van der Waals surface area contributed by atoms with Crippen LogP contribution in [0, 0.1) is 0 Å². The van der Waals surface area contributed by atoms with Crippen LogP contribution in [0.3, 0.4) is 0 Å². The van der Waals surface area contributed by atoms with Gasteiger partial charge >= 0.3 is 0 Å². The lowest BCUT2D eigenvalue weighted by atomic mass is 9.89. The molecule has 0 amide bonds. The van der Waals surface area contributed by atoms with Crippen molar-refractivity contribution >= 4 is 54.7 Å². The molecule has 0 bridgehead atoms. The second kappa shape index (κ2) is 12.7. The minimum Gasteiger partial charge on any atom is -0.208 e. The molecule has 0 spiro atoms. The summed E-state index contributed by atoms with van der Waals surface area (Å²) in [6.07, 6.45) is 7.60. The molecule has 0 saturated heterocycles. The van der Waals surface area contributed by atoms with Crippen molar-refractivity contribution in [3.8, 4) is 45.3 Å². The first-order chi connectivity index (χ1) is 27.2. The van der Waals surface area contributed by atoms with Gasteiger partial charge in [-0.1, -0.05) is 176 Å². The number of hydrogen-bond donors (Lipinski definition) is 0. The van der Waals surface area contributed by atoms with Crippen LogP contribution >= 0.6 is 0 Å². The number of benzene rings is 9. The molecule has 1 aliphatic rings. The summed E-state index contributed by atoms with van der Waals surface area (Å²) in [5.41, 5.74) is 10.0. The molecule has 1 aliphatic carbocycles. The summed E-state index contributed by atoms with van der Waals surface area (Å²) in [5.74, 6) is 1.96. The highest BCUT2D eigenvalue weighted by atomic mass is 15.0. The van der Waals surface area contributed by atoms with E-state index in [0.717, 1.165) is 34.1 Å². The fraction of sp³-hybridized carbons (Fsp3) is 0.0192. The number of aromatic nitrogens is 3. The van der Waals surface area contributed by atoms with E-state index in [1.165, 1.54) is 65.5 Å². The number of hydrogen-bond acceptors (Lipinski definition) is 3. The lowest BCUT2D eigenvalue weighted by Gasteiger charge is -2.15. The van der Waals surface area contributed by atoms with Crippen molar-refractivity contribution in [2.24, 2.45) is 0 Å². The zero-order chi connectivity index (χ0) is 36.3. The van der Waals surface area contributed by atoms with Gasteiger partial charge in [-0.15, -0.1) is 0 Å². The highest BCUT2D eigenvalue weighted by Crippen LogP contribution is 2.41. The van der Waals surface area contributed by atoms with Crippen LogP contribution in [-0.2, 0) is 0 Å². The smallest absolute Gasteiger partial charge is 0.164 e. The molecule has 0 atom stereocenters. The average molecular weight is 700 g/mol. The fourth-order valence-electron chi connectivity index (χ4n) is 8.43. The van der Waals surface area contributed by atoms with Crippen molar-refractivity contribution in [1.29, 1.82) is 0 Å². The summed E-state index contributed by atoms with van der Waals surface area (Å²) in [4.78, 5) is 15.4. The predicted octanol–water partition coefficient (Wildman–Crippen LogP) is 13.4. The summed E-state index contributed by atoms with van der Waals surface area (Å²) < 4.78 is 0. The molecule has 55 heavy (non-hydrogen) atoms. The second-order valence-corrected chi connectivity index (χ2v) is 14.3. The van der Waals surface area contributed by atoms with Crippen LogP contribution in [0.2, 0.25) is 0 Å². The van der Waals surface area contributed by atoms with Gasteiger partial charge in [0.1, 0.15) is 0 Å². The molecule has 0 N–H and O–H groups in total. The third-order valence-electron chi connectivity index (χ3n) is 11.1. The Balaban J connectivity index is 1.03. The van der Waals surface area contributed by atoms with Crippen LogP contribution in [0.25, 0.3) is 100 Å². The van der Waals surface area contributed by atoms with Crippen molar-refractivity contribution in [2.45, 2.75) is 6.42 Å². The molecule has 256 valence electrons. The van der Waals surface area contributed by atoms with Crippen LogP contribution in [-0.4, -0.2) is 15.0 Å². The lowest BCUT2D eigenvalue weighted by molar-refractivity contribution is 1.07. The lowest BCUT2D eigenvalue weighted by Crippen LogP contribution is -2.02. The molecule has 10 aromatic rings. The number of nitrogens with zero attached hydrogens (tertiary/aromatic N) is 3. The Hall–Kier alpha value is -7.23. The standard InChI is InChI=1S/C52H33N3/c1-3-11-33(12-4-1)42-17-7-8-18-45-44(42)19-10-20-47(45)52-54-50(37-13-5-2-6-14-37)53-51(55-52)41-26-24-38-31-40(25-23-39(38)32-41)43-29-27-36-22-21-34-15-9-16-35-28-30-46(43)49(36)48(34)35/h1-6,8-32H,7H2. The first-order valence-electron chi connectivity index (χ1n) is 18.8. The molecule has 9 aromatic carbocycles. The quantitative estimate of drug-likeness (QED) is 0.168. The summed E-state index contributed by atoms with van der Waals surface area (Å²) in [6.45, 7) is 0. The fourth-order valence-corrected chi connectivity index (χ4v) is 8.43. The third kappa shape index (κ3) is 5.32. The van der Waals surface area contributed by atoms with Crippen LogP contribution < -0.4 is 0 Å². The molecule has 0 radical (unpaired) electrons. The summed E-state index contributed by atoms with van der Waals surface area (Å²) in [6, 6.07) is 60.7. The van der Waals surface area contributed by atoms with Crippen LogP contribution in [0.15, 0.2) is 182 Å². The number of allylic oxidation sites excluding steroid dienone is 2. The topological polar surface area (TPSA) is 38.7 Å². The summed E-state index contributed by atoms with van der Waals surface area (Å²) in [7, 11) is 0. The Kier molecular flexibility index (Phi) is 7.24. The molecule has 3 heteroatoms. The summed E-state index contributed by atoms with van der Waals surface area (Å²) >= 11 is 0. The Morgan fingerprint density at radius 1 is 0.364 bits per heavy atom. The van der Waals surface area contributed by atoms with E-state index in [1.54, 1.807) is 0 Å². The second-order valence-electron chi connectivity index (χ2n) is 14.3. The van der Waals surface area contributed by atoms with E-state index < -0.39 is 0 Å². The van der Waals surface area contributed by atoms with Gasteiger partial charge in [0.15, 0.2) is 17.5 Å². The molecule has 0 saturated carbocycles. The van der Waals surface area contributed by atoms with Gasteiger partial charge in [0.25, 0.3) is 0 Å². The van der Waals surface area contributed by atoms with Crippen molar-refractivity contribution in [1.82, 2.24) is 15.0 Å². The van der Waals surface area contributed by atoms with E-state index in [2.05, 4.69) is 170 Å². The van der Waals surface area contributed by atoms with E-state index in [9.17, 15) is 0 Å². The molecule has 0 fully saturated rings. The van der Waals surface area contributed by atoms with Crippen LogP contribution in [0.1, 0.15) is 23.1 Å². The summed E-state index contributed by atoms with van der Waals surface area (Å²) in [5, 5.41) is 10.1. The van der Waals surface area contributed by atoms with Gasteiger partial charge in [-0.3, -0.25) is 0 Å². The largest absolute Gasteiger partial charge is 0.208 e. The molecule has 1 heterocycles. The van der Waals surface area contributed by atoms with E-state index in [1.807, 2.05) is 18.2 Å². The van der Waals surface area contributed by atoms with E-state index in [-0.39, 0.29) is 0 Å². The molecule has 11 rings (SSSR count). The number of fused-ring (bicyclic) bond motifs is 2. The van der Waals surface area contributed by atoms with Gasteiger partial charge < -0.3 is 0 Å². The predicted molar refractivity (Wildman–Crippen MR) is 230 cm³/mol. The molecule has 0 unspecified atom stereocenters. The van der Waals surface area contributed by atoms with Gasteiger partial charge in [0.05, 0.1) is 0 Å². The van der Waals surface area contributed by atoms with Crippen molar-refractivity contribution in [3.63, 3.8) is 0 Å². The van der Waals surface area contributed by atoms with Gasteiger partial charge in [0, 0.05) is 16.7 Å². The maximum Gasteiger partial charge on any atom is 0.164 e. The monoisotopic (exact) mass is 699 g/mol. The van der Waals surface area contributed by atoms with E-state index >= 15 is 0 Å². The Bertz CT molecular complexity index is 3140. The van der Waals surface area contributed by atoms with Gasteiger partial charge in [-0.25, -0.2) is 15.0 Å². The Morgan fingerprint density at radius 3 is 1.73 bits per heavy atom. The van der Waals surface area contributed by atoms with Gasteiger partial charge in [-0.05, 0) is 95.0 Å². The maximum atomic E-state index is 5.21. The number of rotatable bonds is 5. The molecule has 1 aromatic heterocycles. The first-order valence-corrected chi connectivity index (χ1v) is 18.8. The zero-order valence-electron chi connectivity index (χ0n) is 29.9. The highest BCUT2D eigenvalue weighted by Gasteiger charge is 2.19. The normalized spacial score (nSPS) is 12.7.